The molecule has 0 saturated carbocycles. The van der Waals surface area contributed by atoms with E-state index in [-0.39, 0.29) is 18.3 Å². The second-order valence-corrected chi connectivity index (χ2v) is 4.54. The van der Waals surface area contributed by atoms with Gasteiger partial charge in [0.25, 0.3) is 0 Å². The van der Waals surface area contributed by atoms with Crippen LogP contribution in [0.4, 0.5) is 0 Å². The lowest BCUT2D eigenvalue weighted by Crippen LogP contribution is -2.61. The minimum atomic E-state index is -0.514. The van der Waals surface area contributed by atoms with Crippen LogP contribution in [-0.2, 0) is 28.4 Å². The average molecular weight is 306 g/mol. The molecule has 0 aliphatic carbocycles. The van der Waals surface area contributed by atoms with Crippen molar-refractivity contribution in [3.8, 4) is 0 Å². The van der Waals surface area contributed by atoms with Gasteiger partial charge in [-0.15, -0.1) is 0 Å². The first-order valence-electron chi connectivity index (χ1n) is 7.96. The van der Waals surface area contributed by atoms with Crippen molar-refractivity contribution in [3.05, 3.63) is 0 Å². The molecule has 1 saturated heterocycles. The third-order valence-corrected chi connectivity index (χ3v) is 3.19. The van der Waals surface area contributed by atoms with Crippen molar-refractivity contribution < 1.29 is 28.4 Å². The fraction of sp³-hybridized carbons (Fsp3) is 1.00. The summed E-state index contributed by atoms with van der Waals surface area (Å²) in [4.78, 5) is 0. The Balaban J connectivity index is 2.95. The molecule has 1 heterocycles. The molecule has 0 radical (unpaired) electrons. The lowest BCUT2D eigenvalue weighted by atomic mass is 10.0. The van der Waals surface area contributed by atoms with Gasteiger partial charge in [-0.05, 0) is 34.6 Å². The molecule has 1 rings (SSSR count). The normalized spacial score (nSPS) is 33.3. The summed E-state index contributed by atoms with van der Waals surface area (Å²) in [5.41, 5.74) is 0. The number of rotatable bonds is 10. The zero-order valence-electron chi connectivity index (χ0n) is 13.9. The largest absolute Gasteiger partial charge is 0.373 e. The van der Waals surface area contributed by atoms with Crippen LogP contribution in [0.1, 0.15) is 34.6 Å². The van der Waals surface area contributed by atoms with Crippen molar-refractivity contribution >= 4 is 0 Å². The molecule has 0 amide bonds. The first kappa shape index (κ1) is 18.8. The van der Waals surface area contributed by atoms with Crippen LogP contribution in [0.15, 0.2) is 0 Å². The Hall–Kier alpha value is -0.240. The number of hydrogen-bond acceptors (Lipinski definition) is 6. The molecular weight excluding hydrogens is 276 g/mol. The molecule has 0 aromatic heterocycles. The molecule has 1 aliphatic rings. The molecule has 0 bridgehead atoms. The molecule has 5 atom stereocenters. The third-order valence-electron chi connectivity index (χ3n) is 3.19. The summed E-state index contributed by atoms with van der Waals surface area (Å²) in [5, 5.41) is 0. The maximum Gasteiger partial charge on any atom is 0.189 e. The van der Waals surface area contributed by atoms with Crippen molar-refractivity contribution in [2.75, 3.05) is 33.0 Å². The zero-order valence-corrected chi connectivity index (χ0v) is 13.9. The second kappa shape index (κ2) is 10.5. The van der Waals surface area contributed by atoms with Gasteiger partial charge in [0, 0.05) is 33.0 Å². The van der Waals surface area contributed by atoms with Crippen LogP contribution in [0.25, 0.3) is 0 Å². The van der Waals surface area contributed by atoms with E-state index in [1.54, 1.807) is 0 Å². The highest BCUT2D eigenvalue weighted by Crippen LogP contribution is 2.29. The van der Waals surface area contributed by atoms with E-state index in [2.05, 4.69) is 0 Å². The van der Waals surface area contributed by atoms with E-state index >= 15 is 0 Å². The Morgan fingerprint density at radius 1 is 0.524 bits per heavy atom. The van der Waals surface area contributed by atoms with Gasteiger partial charge >= 0.3 is 0 Å². The van der Waals surface area contributed by atoms with Gasteiger partial charge in [-0.25, -0.2) is 0 Å². The molecule has 21 heavy (non-hydrogen) atoms. The van der Waals surface area contributed by atoms with Crippen LogP contribution in [0.5, 0.6) is 0 Å². The Morgan fingerprint density at radius 2 is 0.857 bits per heavy atom. The van der Waals surface area contributed by atoms with Gasteiger partial charge in [0.2, 0.25) is 0 Å². The van der Waals surface area contributed by atoms with Crippen LogP contribution in [0, 0.1) is 0 Å². The van der Waals surface area contributed by atoms with Crippen LogP contribution in [-0.4, -0.2) is 63.9 Å². The topological polar surface area (TPSA) is 55.4 Å². The lowest BCUT2D eigenvalue weighted by molar-refractivity contribution is -0.363. The monoisotopic (exact) mass is 306 g/mol. The maximum atomic E-state index is 5.90. The van der Waals surface area contributed by atoms with Crippen LogP contribution in [0.2, 0.25) is 0 Å². The molecule has 126 valence electrons. The van der Waals surface area contributed by atoms with Gasteiger partial charge in [0.15, 0.2) is 12.6 Å². The highest BCUT2D eigenvalue weighted by Gasteiger charge is 2.48. The summed E-state index contributed by atoms with van der Waals surface area (Å²) < 4.78 is 34.7. The average Bonchev–Trinajstić information content (AvgIpc) is 2.47. The van der Waals surface area contributed by atoms with Crippen molar-refractivity contribution in [2.24, 2.45) is 0 Å². The van der Waals surface area contributed by atoms with Gasteiger partial charge < -0.3 is 28.4 Å². The molecule has 6 nitrogen and oxygen atoms in total. The van der Waals surface area contributed by atoms with E-state index in [0.29, 0.717) is 33.0 Å². The summed E-state index contributed by atoms with van der Waals surface area (Å²) in [6.07, 6.45) is -1.97. The molecule has 0 aromatic rings. The number of ether oxygens (including phenoxy) is 6. The van der Waals surface area contributed by atoms with Gasteiger partial charge in [0.05, 0.1) is 0 Å². The smallest absolute Gasteiger partial charge is 0.189 e. The van der Waals surface area contributed by atoms with Crippen molar-refractivity contribution in [1.82, 2.24) is 0 Å². The lowest BCUT2D eigenvalue weighted by Gasteiger charge is -2.45. The van der Waals surface area contributed by atoms with Gasteiger partial charge in [-0.1, -0.05) is 0 Å². The maximum absolute atomic E-state index is 5.90. The first-order valence-corrected chi connectivity index (χ1v) is 7.96. The standard InChI is InChI=1S/C15H30O6/c1-6-16-11-12(17-7-2)14(19-9-4)21-15(20-10-5)13(11)18-8-3/h11-15H,6-10H2,1-5H3/t11-,12-,13+,14-,15-/m0/s1. The van der Waals surface area contributed by atoms with Gasteiger partial charge in [-0.3, -0.25) is 0 Å². The quantitative estimate of drug-likeness (QED) is 0.615. The Labute approximate surface area is 128 Å². The van der Waals surface area contributed by atoms with E-state index < -0.39 is 12.6 Å². The van der Waals surface area contributed by atoms with Crippen molar-refractivity contribution in [1.29, 1.82) is 0 Å². The van der Waals surface area contributed by atoms with Gasteiger partial charge in [-0.2, -0.15) is 0 Å². The SMILES string of the molecule is CCO[C@H]1O[C@H](OCC)[C@H](OCC)[C@@H](OCC)[C@@H]1OCC. The van der Waals surface area contributed by atoms with E-state index in [4.69, 9.17) is 28.4 Å². The minimum Gasteiger partial charge on any atom is -0.373 e. The predicted molar refractivity (Wildman–Crippen MR) is 78.2 cm³/mol. The molecular formula is C15H30O6. The van der Waals surface area contributed by atoms with Crippen molar-refractivity contribution in [3.63, 3.8) is 0 Å². The summed E-state index contributed by atoms with van der Waals surface area (Å²) in [6.45, 7) is 12.4. The fourth-order valence-corrected chi connectivity index (χ4v) is 2.49. The van der Waals surface area contributed by atoms with Crippen LogP contribution < -0.4 is 0 Å². The van der Waals surface area contributed by atoms with E-state index in [1.807, 2.05) is 34.6 Å². The Bertz CT molecular complexity index is 241. The molecule has 1 aliphatic heterocycles. The van der Waals surface area contributed by atoms with E-state index in [0.717, 1.165) is 0 Å². The Kier molecular flexibility index (Phi) is 9.39. The summed E-state index contributed by atoms with van der Waals surface area (Å²) >= 11 is 0. The summed E-state index contributed by atoms with van der Waals surface area (Å²) in [6, 6.07) is 0. The minimum absolute atomic E-state index is 0.281. The van der Waals surface area contributed by atoms with Crippen LogP contribution in [0.3, 0.4) is 0 Å². The second-order valence-electron chi connectivity index (χ2n) is 4.54. The first-order chi connectivity index (χ1) is 10.2. The molecule has 0 unspecified atom stereocenters. The highest BCUT2D eigenvalue weighted by molar-refractivity contribution is 4.89. The Morgan fingerprint density at radius 3 is 1.19 bits per heavy atom. The van der Waals surface area contributed by atoms with Crippen molar-refractivity contribution in [2.45, 2.75) is 65.5 Å². The molecule has 1 fully saturated rings. The molecule has 6 heteroatoms. The van der Waals surface area contributed by atoms with E-state index in [1.165, 1.54) is 0 Å². The van der Waals surface area contributed by atoms with E-state index in [9.17, 15) is 0 Å². The summed E-state index contributed by atoms with van der Waals surface area (Å²) in [7, 11) is 0. The van der Waals surface area contributed by atoms with Gasteiger partial charge in [0.1, 0.15) is 18.3 Å². The third kappa shape index (κ3) is 5.16. The van der Waals surface area contributed by atoms with Crippen LogP contribution >= 0.6 is 0 Å². The molecule has 0 spiro atoms. The summed E-state index contributed by atoms with van der Waals surface area (Å²) in [5.74, 6) is 0. The molecule has 0 aromatic carbocycles. The number of hydrogen-bond donors (Lipinski definition) is 0. The predicted octanol–water partition coefficient (Wildman–Crippen LogP) is 1.96. The molecule has 0 N–H and O–H groups in total. The zero-order chi connectivity index (χ0) is 15.7. The fourth-order valence-electron chi connectivity index (χ4n) is 2.49. The highest BCUT2D eigenvalue weighted by atomic mass is 16.8.